The van der Waals surface area contributed by atoms with E-state index < -0.39 is 0 Å². The molecule has 0 bridgehead atoms. The average Bonchev–Trinajstić information content (AvgIpc) is 2.40. The molecule has 1 unspecified atom stereocenters. The fraction of sp³-hybridized carbons (Fsp3) is 0.357. The molecule has 0 saturated heterocycles. The summed E-state index contributed by atoms with van der Waals surface area (Å²) < 4.78 is 10.5. The van der Waals surface area contributed by atoms with E-state index in [-0.39, 0.29) is 12.3 Å². The molecule has 18 heavy (non-hydrogen) atoms. The fourth-order valence-corrected chi connectivity index (χ4v) is 2.07. The first-order valence-electron chi connectivity index (χ1n) is 5.91. The van der Waals surface area contributed by atoms with Gasteiger partial charge < -0.3 is 14.8 Å². The van der Waals surface area contributed by atoms with Crippen LogP contribution in [0.5, 0.6) is 0 Å². The molecule has 0 spiro atoms. The van der Waals surface area contributed by atoms with Gasteiger partial charge >= 0.3 is 0 Å². The van der Waals surface area contributed by atoms with Crippen LogP contribution >= 0.6 is 0 Å². The average molecular weight is 246 g/mol. The number of benzene rings is 1. The lowest BCUT2D eigenvalue weighted by molar-refractivity contribution is -0.109. The minimum absolute atomic E-state index is 0.0544. The Morgan fingerprint density at radius 2 is 1.94 bits per heavy atom. The predicted octanol–water partition coefficient (Wildman–Crippen LogP) is 2.65. The van der Waals surface area contributed by atoms with E-state index in [4.69, 9.17) is 9.47 Å². The number of nitrogens with one attached hydrogen (secondary N) is 1. The summed E-state index contributed by atoms with van der Waals surface area (Å²) in [6.07, 6.45) is 3.37. The Kier molecular flexibility index (Phi) is 4.12. The molecular weight excluding hydrogens is 228 g/mol. The number of ether oxygens (including phenoxy) is 2. The van der Waals surface area contributed by atoms with Crippen LogP contribution in [0.4, 0.5) is 5.69 Å². The number of pyridine rings is 1. The fourth-order valence-electron chi connectivity index (χ4n) is 2.07. The van der Waals surface area contributed by atoms with E-state index in [0.717, 1.165) is 16.5 Å². The van der Waals surface area contributed by atoms with Crippen LogP contribution in [0, 0.1) is 0 Å². The van der Waals surface area contributed by atoms with Crippen LogP contribution < -0.4 is 5.32 Å². The molecule has 1 N–H and O–H groups in total. The Balaban J connectivity index is 2.26. The molecule has 1 aromatic heterocycles. The van der Waals surface area contributed by atoms with Gasteiger partial charge in [-0.25, -0.2) is 0 Å². The smallest absolute Gasteiger partial charge is 0.176 e. The van der Waals surface area contributed by atoms with Crippen LogP contribution in [0.2, 0.25) is 0 Å². The van der Waals surface area contributed by atoms with Crippen molar-refractivity contribution in [3.63, 3.8) is 0 Å². The third kappa shape index (κ3) is 2.60. The van der Waals surface area contributed by atoms with Crippen molar-refractivity contribution in [3.05, 3.63) is 36.7 Å². The highest BCUT2D eigenvalue weighted by atomic mass is 16.7. The van der Waals surface area contributed by atoms with Crippen molar-refractivity contribution in [2.45, 2.75) is 19.3 Å². The SMILES string of the molecule is COC(OC)C(C)Nc1cccc2cnccc12. The Hall–Kier alpha value is -1.65. The highest BCUT2D eigenvalue weighted by molar-refractivity contribution is 5.93. The van der Waals surface area contributed by atoms with Crippen molar-refractivity contribution >= 4 is 16.5 Å². The van der Waals surface area contributed by atoms with Gasteiger partial charge in [-0.3, -0.25) is 4.98 Å². The third-order valence-corrected chi connectivity index (χ3v) is 2.94. The first kappa shape index (κ1) is 12.8. The van der Waals surface area contributed by atoms with E-state index in [2.05, 4.69) is 10.3 Å². The Morgan fingerprint density at radius 3 is 2.67 bits per heavy atom. The van der Waals surface area contributed by atoms with E-state index >= 15 is 0 Å². The number of hydrogen-bond donors (Lipinski definition) is 1. The number of methoxy groups -OCH3 is 2. The Morgan fingerprint density at radius 1 is 1.17 bits per heavy atom. The molecule has 1 aromatic carbocycles. The quantitative estimate of drug-likeness (QED) is 0.824. The van der Waals surface area contributed by atoms with Crippen LogP contribution in [0.15, 0.2) is 36.7 Å². The molecule has 4 nitrogen and oxygen atoms in total. The van der Waals surface area contributed by atoms with Crippen molar-refractivity contribution in [3.8, 4) is 0 Å². The van der Waals surface area contributed by atoms with E-state index in [1.165, 1.54) is 0 Å². The second-order valence-corrected chi connectivity index (χ2v) is 4.18. The second-order valence-electron chi connectivity index (χ2n) is 4.18. The van der Waals surface area contributed by atoms with Gasteiger partial charge in [0.25, 0.3) is 0 Å². The lowest BCUT2D eigenvalue weighted by Crippen LogP contribution is -2.33. The topological polar surface area (TPSA) is 43.4 Å². The lowest BCUT2D eigenvalue weighted by atomic mass is 10.1. The zero-order valence-corrected chi connectivity index (χ0v) is 10.9. The zero-order valence-electron chi connectivity index (χ0n) is 10.9. The van der Waals surface area contributed by atoms with Gasteiger partial charge in [0.2, 0.25) is 0 Å². The van der Waals surface area contributed by atoms with Gasteiger partial charge in [0, 0.05) is 43.1 Å². The summed E-state index contributed by atoms with van der Waals surface area (Å²) in [7, 11) is 3.28. The summed E-state index contributed by atoms with van der Waals surface area (Å²) in [5.41, 5.74) is 1.06. The van der Waals surface area contributed by atoms with E-state index in [0.29, 0.717) is 0 Å². The number of fused-ring (bicyclic) bond motifs is 1. The molecular formula is C14H18N2O2. The normalized spacial score (nSPS) is 12.9. The minimum Gasteiger partial charge on any atom is -0.377 e. The highest BCUT2D eigenvalue weighted by Gasteiger charge is 2.16. The Bertz CT molecular complexity index is 507. The molecule has 1 atom stereocenters. The maximum Gasteiger partial charge on any atom is 0.176 e. The number of anilines is 1. The van der Waals surface area contributed by atoms with Crippen LogP contribution in [-0.4, -0.2) is 31.5 Å². The van der Waals surface area contributed by atoms with Crippen LogP contribution in [0.3, 0.4) is 0 Å². The highest BCUT2D eigenvalue weighted by Crippen LogP contribution is 2.23. The van der Waals surface area contributed by atoms with Crippen molar-refractivity contribution in [1.82, 2.24) is 4.98 Å². The maximum atomic E-state index is 5.25. The Labute approximate surface area is 107 Å². The van der Waals surface area contributed by atoms with Crippen molar-refractivity contribution in [2.75, 3.05) is 19.5 Å². The maximum absolute atomic E-state index is 5.25. The van der Waals surface area contributed by atoms with Crippen LogP contribution in [0.25, 0.3) is 10.8 Å². The van der Waals surface area contributed by atoms with E-state index in [9.17, 15) is 0 Å². The first-order chi connectivity index (χ1) is 8.76. The van der Waals surface area contributed by atoms with Gasteiger partial charge in [0.1, 0.15) is 0 Å². The molecule has 0 radical (unpaired) electrons. The van der Waals surface area contributed by atoms with Crippen molar-refractivity contribution in [1.29, 1.82) is 0 Å². The van der Waals surface area contributed by atoms with Gasteiger partial charge in [-0.1, -0.05) is 12.1 Å². The molecule has 0 saturated carbocycles. The van der Waals surface area contributed by atoms with Gasteiger partial charge in [-0.2, -0.15) is 0 Å². The summed E-state index contributed by atoms with van der Waals surface area (Å²) in [6, 6.07) is 8.15. The largest absolute Gasteiger partial charge is 0.377 e. The molecule has 2 rings (SSSR count). The number of rotatable bonds is 5. The molecule has 96 valence electrons. The van der Waals surface area contributed by atoms with Gasteiger partial charge in [-0.05, 0) is 19.1 Å². The minimum atomic E-state index is -0.276. The molecule has 0 aliphatic rings. The second kappa shape index (κ2) is 5.80. The lowest BCUT2D eigenvalue weighted by Gasteiger charge is -2.23. The van der Waals surface area contributed by atoms with Gasteiger partial charge in [0.05, 0.1) is 6.04 Å². The monoisotopic (exact) mass is 246 g/mol. The summed E-state index contributed by atoms with van der Waals surface area (Å²) >= 11 is 0. The third-order valence-electron chi connectivity index (χ3n) is 2.94. The molecule has 0 amide bonds. The number of aromatic nitrogens is 1. The van der Waals surface area contributed by atoms with Crippen molar-refractivity contribution in [2.24, 2.45) is 0 Å². The molecule has 4 heteroatoms. The van der Waals surface area contributed by atoms with Crippen LogP contribution in [-0.2, 0) is 9.47 Å². The number of nitrogens with zero attached hydrogens (tertiary/aromatic N) is 1. The standard InChI is InChI=1S/C14H18N2O2/c1-10(14(17-2)18-3)16-13-6-4-5-11-9-15-8-7-12(11)13/h4-10,14,16H,1-3H3. The summed E-state index contributed by atoms with van der Waals surface area (Å²) in [5.74, 6) is 0. The summed E-state index contributed by atoms with van der Waals surface area (Å²) in [4.78, 5) is 4.12. The zero-order chi connectivity index (χ0) is 13.0. The molecule has 1 heterocycles. The molecule has 0 aliphatic carbocycles. The summed E-state index contributed by atoms with van der Waals surface area (Å²) in [5, 5.41) is 5.66. The van der Waals surface area contributed by atoms with Gasteiger partial charge in [-0.15, -0.1) is 0 Å². The van der Waals surface area contributed by atoms with E-state index in [1.807, 2.05) is 37.4 Å². The van der Waals surface area contributed by atoms with E-state index in [1.54, 1.807) is 20.4 Å². The van der Waals surface area contributed by atoms with Crippen LogP contribution in [0.1, 0.15) is 6.92 Å². The molecule has 2 aromatic rings. The number of hydrogen-bond acceptors (Lipinski definition) is 4. The first-order valence-corrected chi connectivity index (χ1v) is 5.91. The van der Waals surface area contributed by atoms with Gasteiger partial charge in [0.15, 0.2) is 6.29 Å². The summed E-state index contributed by atoms with van der Waals surface area (Å²) in [6.45, 7) is 2.03. The molecule has 0 fully saturated rings. The molecule has 0 aliphatic heterocycles. The van der Waals surface area contributed by atoms with Crippen molar-refractivity contribution < 1.29 is 9.47 Å². The predicted molar refractivity (Wildman–Crippen MR) is 72.6 cm³/mol.